The topological polar surface area (TPSA) is 74.1 Å². The highest BCUT2D eigenvalue weighted by molar-refractivity contribution is 5.97. The van der Waals surface area contributed by atoms with Crippen molar-refractivity contribution in [2.75, 3.05) is 11.9 Å². The lowest BCUT2D eigenvalue weighted by molar-refractivity contribution is -0.117. The van der Waals surface area contributed by atoms with Gasteiger partial charge in [-0.2, -0.15) is 5.26 Å². The highest BCUT2D eigenvalue weighted by Gasteiger charge is 2.19. The number of anilines is 1. The molecule has 1 aliphatic rings. The molecule has 0 aliphatic heterocycles. The predicted octanol–water partition coefficient (Wildman–Crippen LogP) is 2.96. The number of ether oxygens (including phenoxy) is 1. The summed E-state index contributed by atoms with van der Waals surface area (Å²) in [6, 6.07) is 9.50. The van der Waals surface area contributed by atoms with Gasteiger partial charge in [0.25, 0.3) is 5.91 Å². The van der Waals surface area contributed by atoms with E-state index in [1.54, 1.807) is 0 Å². The summed E-state index contributed by atoms with van der Waals surface area (Å²) in [5.41, 5.74) is 0.880. The van der Waals surface area contributed by atoms with Gasteiger partial charge in [-0.25, -0.2) is 0 Å². The molecule has 5 heteroatoms. The molecule has 116 valence electrons. The van der Waals surface area contributed by atoms with E-state index in [4.69, 9.17) is 10.00 Å². The maximum Gasteiger partial charge on any atom is 0.263 e. The van der Waals surface area contributed by atoms with E-state index in [-0.39, 0.29) is 17.5 Å². The molecule has 2 rings (SSSR count). The highest BCUT2D eigenvalue weighted by atomic mass is 16.5. The predicted molar refractivity (Wildman–Crippen MR) is 85.3 cm³/mol. The molecule has 0 spiro atoms. The Hall–Kier alpha value is -2.48. The minimum atomic E-state index is -0.312. The van der Waals surface area contributed by atoms with Gasteiger partial charge in [-0.15, -0.1) is 0 Å². The van der Waals surface area contributed by atoms with Crippen LogP contribution in [-0.4, -0.2) is 18.6 Å². The van der Waals surface area contributed by atoms with Crippen LogP contribution in [-0.2, 0) is 4.79 Å². The number of amides is 1. The van der Waals surface area contributed by atoms with E-state index in [9.17, 15) is 4.79 Å². The summed E-state index contributed by atoms with van der Waals surface area (Å²) < 4.78 is 5.36. The molecule has 1 fully saturated rings. The van der Waals surface area contributed by atoms with Gasteiger partial charge in [-0.3, -0.25) is 4.79 Å². The second-order valence-corrected chi connectivity index (χ2v) is 5.23. The van der Waals surface area contributed by atoms with Gasteiger partial charge in [0.2, 0.25) is 0 Å². The lowest BCUT2D eigenvalue weighted by atomic mass is 10.2. The van der Waals surface area contributed by atoms with Crippen molar-refractivity contribution in [2.24, 2.45) is 0 Å². The van der Waals surface area contributed by atoms with E-state index < -0.39 is 0 Å². The molecule has 0 radical (unpaired) electrons. The highest BCUT2D eigenvalue weighted by Crippen LogP contribution is 2.18. The van der Waals surface area contributed by atoms with Crippen molar-refractivity contribution >= 4 is 11.6 Å². The number of rotatable bonds is 6. The Balaban J connectivity index is 1.93. The monoisotopic (exact) mass is 299 g/mol. The van der Waals surface area contributed by atoms with Gasteiger partial charge in [0.1, 0.15) is 17.4 Å². The third-order valence-corrected chi connectivity index (χ3v) is 3.60. The first-order chi connectivity index (χ1) is 10.7. The average molecular weight is 299 g/mol. The van der Waals surface area contributed by atoms with Gasteiger partial charge in [0.05, 0.1) is 6.61 Å². The smallest absolute Gasteiger partial charge is 0.263 e. The fraction of sp³-hybridized carbons (Fsp3) is 0.412. The van der Waals surface area contributed by atoms with E-state index in [0.29, 0.717) is 6.61 Å². The molecule has 0 atom stereocenters. The number of hydrogen-bond acceptors (Lipinski definition) is 4. The summed E-state index contributed by atoms with van der Waals surface area (Å²) in [7, 11) is 0. The van der Waals surface area contributed by atoms with Gasteiger partial charge >= 0.3 is 0 Å². The first-order valence-corrected chi connectivity index (χ1v) is 7.63. The molecule has 0 saturated heterocycles. The Labute approximate surface area is 131 Å². The number of nitrogens with zero attached hydrogens (tertiary/aromatic N) is 1. The van der Waals surface area contributed by atoms with Gasteiger partial charge < -0.3 is 15.4 Å². The van der Waals surface area contributed by atoms with E-state index in [0.717, 1.165) is 37.1 Å². The van der Waals surface area contributed by atoms with Crippen molar-refractivity contribution in [3.8, 4) is 11.8 Å². The van der Waals surface area contributed by atoms with Crippen LogP contribution in [0.15, 0.2) is 36.0 Å². The summed E-state index contributed by atoms with van der Waals surface area (Å²) in [5.74, 6) is 0.476. The van der Waals surface area contributed by atoms with Gasteiger partial charge in [0.15, 0.2) is 0 Å². The fourth-order valence-corrected chi connectivity index (χ4v) is 2.45. The third-order valence-electron chi connectivity index (χ3n) is 3.60. The molecule has 1 aromatic rings. The normalized spacial score (nSPS) is 15.2. The Morgan fingerprint density at radius 1 is 1.36 bits per heavy atom. The number of hydrogen-bond donors (Lipinski definition) is 2. The van der Waals surface area contributed by atoms with Crippen molar-refractivity contribution in [1.82, 2.24) is 5.32 Å². The second-order valence-electron chi connectivity index (χ2n) is 5.23. The average Bonchev–Trinajstić information content (AvgIpc) is 3.03. The van der Waals surface area contributed by atoms with Crippen molar-refractivity contribution in [1.29, 1.82) is 5.26 Å². The van der Waals surface area contributed by atoms with Crippen LogP contribution in [0.25, 0.3) is 0 Å². The number of nitrogens with one attached hydrogen (secondary N) is 2. The van der Waals surface area contributed by atoms with E-state index in [1.165, 1.54) is 6.20 Å². The van der Waals surface area contributed by atoms with Crippen molar-refractivity contribution in [3.05, 3.63) is 36.0 Å². The van der Waals surface area contributed by atoms with Crippen LogP contribution in [0.1, 0.15) is 32.6 Å². The lowest BCUT2D eigenvalue weighted by Crippen LogP contribution is -2.33. The molecule has 1 aliphatic carbocycles. The minimum absolute atomic E-state index is 0.0841. The van der Waals surface area contributed by atoms with Gasteiger partial charge in [-0.05, 0) is 44.0 Å². The first kappa shape index (κ1) is 15.9. The maximum atomic E-state index is 12.0. The summed E-state index contributed by atoms with van der Waals surface area (Å²) in [6.07, 6.45) is 5.72. The Bertz CT molecular complexity index is 567. The number of carbonyl (C=O) groups is 1. The van der Waals surface area contributed by atoms with Crippen LogP contribution in [0.5, 0.6) is 5.75 Å². The molecule has 2 N–H and O–H groups in total. The zero-order chi connectivity index (χ0) is 15.8. The molecule has 0 unspecified atom stereocenters. The zero-order valence-corrected chi connectivity index (χ0v) is 12.8. The van der Waals surface area contributed by atoms with Crippen molar-refractivity contribution in [2.45, 2.75) is 38.6 Å². The summed E-state index contributed by atoms with van der Waals surface area (Å²) in [4.78, 5) is 12.0. The molecule has 1 aromatic carbocycles. The SMILES string of the molecule is CCOc1ccc(N/C=C(/C#N)C(=O)NC2CCCC2)cc1. The molecular formula is C17H21N3O2. The molecule has 1 saturated carbocycles. The van der Waals surface area contributed by atoms with E-state index in [1.807, 2.05) is 37.3 Å². The van der Waals surface area contributed by atoms with Crippen LogP contribution in [0, 0.1) is 11.3 Å². The van der Waals surface area contributed by atoms with E-state index >= 15 is 0 Å². The molecule has 0 heterocycles. The Morgan fingerprint density at radius 2 is 2.05 bits per heavy atom. The minimum Gasteiger partial charge on any atom is -0.494 e. The van der Waals surface area contributed by atoms with Crippen LogP contribution >= 0.6 is 0 Å². The van der Waals surface area contributed by atoms with Crippen LogP contribution in [0.2, 0.25) is 0 Å². The quantitative estimate of drug-likeness (QED) is 0.625. The maximum absolute atomic E-state index is 12.0. The molecule has 0 bridgehead atoms. The molecule has 5 nitrogen and oxygen atoms in total. The Morgan fingerprint density at radius 3 is 2.64 bits per heavy atom. The van der Waals surface area contributed by atoms with Crippen LogP contribution in [0.3, 0.4) is 0 Å². The number of benzene rings is 1. The van der Waals surface area contributed by atoms with Crippen LogP contribution in [0.4, 0.5) is 5.69 Å². The number of nitriles is 1. The van der Waals surface area contributed by atoms with E-state index in [2.05, 4.69) is 10.6 Å². The molecule has 22 heavy (non-hydrogen) atoms. The Kier molecular flexibility index (Phi) is 5.84. The molecule has 0 aromatic heterocycles. The third kappa shape index (κ3) is 4.52. The lowest BCUT2D eigenvalue weighted by Gasteiger charge is -2.11. The molecular weight excluding hydrogens is 278 g/mol. The summed E-state index contributed by atoms with van der Waals surface area (Å²) >= 11 is 0. The van der Waals surface area contributed by atoms with Crippen LogP contribution < -0.4 is 15.4 Å². The van der Waals surface area contributed by atoms with Crippen molar-refractivity contribution < 1.29 is 9.53 Å². The summed E-state index contributed by atoms with van der Waals surface area (Å²) in [6.45, 7) is 2.55. The van der Waals surface area contributed by atoms with Gasteiger partial charge in [0, 0.05) is 17.9 Å². The van der Waals surface area contributed by atoms with Gasteiger partial charge in [-0.1, -0.05) is 12.8 Å². The fourth-order valence-electron chi connectivity index (χ4n) is 2.45. The number of carbonyl (C=O) groups excluding carboxylic acids is 1. The largest absolute Gasteiger partial charge is 0.494 e. The second kappa shape index (κ2) is 8.08. The van der Waals surface area contributed by atoms with Crippen molar-refractivity contribution in [3.63, 3.8) is 0 Å². The summed E-state index contributed by atoms with van der Waals surface area (Å²) in [5, 5.41) is 15.0. The molecule has 1 amide bonds. The zero-order valence-electron chi connectivity index (χ0n) is 12.8. The first-order valence-electron chi connectivity index (χ1n) is 7.63. The standard InChI is InChI=1S/C17H21N3O2/c1-2-22-16-9-7-14(8-10-16)19-12-13(11-18)17(21)20-15-5-3-4-6-15/h7-10,12,15,19H,2-6H2,1H3,(H,20,21)/b13-12-.